The zero-order valence-corrected chi connectivity index (χ0v) is 7.10. The first-order valence-corrected chi connectivity index (χ1v) is 4.14. The Balaban J connectivity index is 2.71. The lowest BCUT2D eigenvalue weighted by Crippen LogP contribution is -2.12. The summed E-state index contributed by atoms with van der Waals surface area (Å²) in [5.74, 6) is 0.800. The van der Waals surface area contributed by atoms with Gasteiger partial charge in [0.15, 0.2) is 0 Å². The average molecular weight is 173 g/mol. The maximum Gasteiger partial charge on any atom is 0.129 e. The number of thiophene rings is 1. The molecule has 11 heavy (non-hydrogen) atoms. The lowest BCUT2D eigenvalue weighted by Gasteiger charge is -2.02. The number of methoxy groups -OCH3 is 1. The first-order valence-electron chi connectivity index (χ1n) is 3.26. The third-order valence-corrected chi connectivity index (χ3v) is 2.44. The van der Waals surface area contributed by atoms with Gasteiger partial charge < -0.3 is 15.6 Å². The van der Waals surface area contributed by atoms with Gasteiger partial charge >= 0.3 is 0 Å². The van der Waals surface area contributed by atoms with Crippen LogP contribution in [0, 0.1) is 0 Å². The first kappa shape index (κ1) is 8.52. The van der Waals surface area contributed by atoms with E-state index in [-0.39, 0.29) is 12.6 Å². The SMILES string of the molecule is COc1csc([C@H](N)CO)c1. The van der Waals surface area contributed by atoms with Crippen molar-refractivity contribution < 1.29 is 9.84 Å². The number of nitrogens with two attached hydrogens (primary N) is 1. The highest BCUT2D eigenvalue weighted by atomic mass is 32.1. The lowest BCUT2D eigenvalue weighted by atomic mass is 10.3. The predicted molar refractivity (Wildman–Crippen MR) is 44.9 cm³/mol. The molecule has 0 fully saturated rings. The fourth-order valence-corrected chi connectivity index (χ4v) is 1.58. The van der Waals surface area contributed by atoms with E-state index in [2.05, 4.69) is 0 Å². The highest BCUT2D eigenvalue weighted by molar-refractivity contribution is 7.10. The molecule has 3 nitrogen and oxygen atoms in total. The second-order valence-electron chi connectivity index (χ2n) is 2.18. The number of rotatable bonds is 3. The first-order chi connectivity index (χ1) is 5.27. The quantitative estimate of drug-likeness (QED) is 0.709. The molecular weight excluding hydrogens is 162 g/mol. The van der Waals surface area contributed by atoms with E-state index in [4.69, 9.17) is 15.6 Å². The van der Waals surface area contributed by atoms with E-state index in [1.165, 1.54) is 11.3 Å². The number of hydrogen-bond acceptors (Lipinski definition) is 4. The van der Waals surface area contributed by atoms with Crippen LogP contribution in [0.15, 0.2) is 11.4 Å². The molecule has 1 atom stereocenters. The molecular formula is C7H11NO2S. The Morgan fingerprint density at radius 2 is 2.55 bits per heavy atom. The Morgan fingerprint density at radius 1 is 1.82 bits per heavy atom. The summed E-state index contributed by atoms with van der Waals surface area (Å²) in [7, 11) is 1.61. The molecule has 1 aromatic heterocycles. The average Bonchev–Trinajstić information content (AvgIpc) is 2.50. The molecule has 1 heterocycles. The summed E-state index contributed by atoms with van der Waals surface area (Å²) in [4.78, 5) is 0.948. The van der Waals surface area contributed by atoms with Gasteiger partial charge in [-0.15, -0.1) is 11.3 Å². The van der Waals surface area contributed by atoms with Crippen LogP contribution < -0.4 is 10.5 Å². The van der Waals surface area contributed by atoms with Gasteiger partial charge in [-0.2, -0.15) is 0 Å². The molecule has 0 aliphatic rings. The molecule has 0 unspecified atom stereocenters. The van der Waals surface area contributed by atoms with E-state index in [1.807, 2.05) is 11.4 Å². The summed E-state index contributed by atoms with van der Waals surface area (Å²) in [5, 5.41) is 10.6. The van der Waals surface area contributed by atoms with Crippen LogP contribution in [0.4, 0.5) is 0 Å². The summed E-state index contributed by atoms with van der Waals surface area (Å²) >= 11 is 1.50. The Labute approximate surface area is 69.4 Å². The zero-order chi connectivity index (χ0) is 8.27. The smallest absolute Gasteiger partial charge is 0.129 e. The van der Waals surface area contributed by atoms with Crippen molar-refractivity contribution >= 4 is 11.3 Å². The lowest BCUT2D eigenvalue weighted by molar-refractivity contribution is 0.269. The Kier molecular flexibility index (Phi) is 2.87. The van der Waals surface area contributed by atoms with Gasteiger partial charge in [-0.25, -0.2) is 0 Å². The van der Waals surface area contributed by atoms with Gasteiger partial charge in [0, 0.05) is 10.3 Å². The molecule has 0 aliphatic carbocycles. The number of aliphatic hydroxyl groups excluding tert-OH is 1. The van der Waals surface area contributed by atoms with Crippen LogP contribution in [0.25, 0.3) is 0 Å². The zero-order valence-electron chi connectivity index (χ0n) is 6.28. The van der Waals surface area contributed by atoms with Gasteiger partial charge in [0.05, 0.1) is 19.8 Å². The Hall–Kier alpha value is -0.580. The van der Waals surface area contributed by atoms with Gasteiger partial charge in [0.2, 0.25) is 0 Å². The Morgan fingerprint density at radius 3 is 3.00 bits per heavy atom. The number of aliphatic hydroxyl groups is 1. The van der Waals surface area contributed by atoms with Crippen LogP contribution in [-0.4, -0.2) is 18.8 Å². The minimum Gasteiger partial charge on any atom is -0.496 e. The summed E-state index contributed by atoms with van der Waals surface area (Å²) in [6, 6.07) is 1.56. The van der Waals surface area contributed by atoms with Gasteiger partial charge in [0.1, 0.15) is 5.75 Å². The van der Waals surface area contributed by atoms with E-state index in [9.17, 15) is 0 Å². The van der Waals surface area contributed by atoms with Crippen molar-refractivity contribution in [3.63, 3.8) is 0 Å². The summed E-state index contributed by atoms with van der Waals surface area (Å²) in [6.07, 6.45) is 0. The standard InChI is InChI=1S/C7H11NO2S/c1-10-5-2-7(11-4-5)6(8)3-9/h2,4,6,9H,3,8H2,1H3/t6-/m1/s1. The van der Waals surface area contributed by atoms with E-state index in [1.54, 1.807) is 7.11 Å². The van der Waals surface area contributed by atoms with E-state index in [0.717, 1.165) is 10.6 Å². The molecule has 62 valence electrons. The molecule has 4 heteroatoms. The largest absolute Gasteiger partial charge is 0.496 e. The number of ether oxygens (including phenoxy) is 1. The molecule has 0 aliphatic heterocycles. The monoisotopic (exact) mass is 173 g/mol. The van der Waals surface area contributed by atoms with E-state index >= 15 is 0 Å². The third-order valence-electron chi connectivity index (χ3n) is 1.39. The van der Waals surface area contributed by atoms with Gasteiger partial charge in [-0.05, 0) is 6.07 Å². The van der Waals surface area contributed by atoms with Crippen molar-refractivity contribution in [1.29, 1.82) is 0 Å². The second-order valence-corrected chi connectivity index (χ2v) is 3.12. The van der Waals surface area contributed by atoms with Crippen LogP contribution >= 0.6 is 11.3 Å². The van der Waals surface area contributed by atoms with Gasteiger partial charge in [-0.1, -0.05) is 0 Å². The normalized spacial score (nSPS) is 13.0. The van der Waals surface area contributed by atoms with Crippen molar-refractivity contribution in [3.05, 3.63) is 16.3 Å². The molecule has 0 bridgehead atoms. The number of hydrogen-bond donors (Lipinski definition) is 2. The molecule has 3 N–H and O–H groups in total. The van der Waals surface area contributed by atoms with Crippen LogP contribution in [0.1, 0.15) is 10.9 Å². The fourth-order valence-electron chi connectivity index (χ4n) is 0.726. The van der Waals surface area contributed by atoms with E-state index in [0.29, 0.717) is 0 Å². The molecule has 1 rings (SSSR count). The van der Waals surface area contributed by atoms with Crippen LogP contribution in [0.5, 0.6) is 5.75 Å². The summed E-state index contributed by atoms with van der Waals surface area (Å²) < 4.78 is 4.96. The maximum absolute atomic E-state index is 8.71. The van der Waals surface area contributed by atoms with Crippen molar-refractivity contribution in [2.75, 3.05) is 13.7 Å². The third kappa shape index (κ3) is 1.92. The van der Waals surface area contributed by atoms with Crippen molar-refractivity contribution in [1.82, 2.24) is 0 Å². The minimum absolute atomic E-state index is 0.0241. The fraction of sp³-hybridized carbons (Fsp3) is 0.429. The minimum atomic E-state index is -0.274. The highest BCUT2D eigenvalue weighted by Gasteiger charge is 2.07. The molecule has 0 saturated carbocycles. The topological polar surface area (TPSA) is 55.5 Å². The van der Waals surface area contributed by atoms with Crippen molar-refractivity contribution in [3.8, 4) is 5.75 Å². The molecule has 0 saturated heterocycles. The van der Waals surface area contributed by atoms with Gasteiger partial charge in [0.25, 0.3) is 0 Å². The highest BCUT2D eigenvalue weighted by Crippen LogP contribution is 2.24. The molecule has 1 aromatic rings. The van der Waals surface area contributed by atoms with Crippen molar-refractivity contribution in [2.45, 2.75) is 6.04 Å². The van der Waals surface area contributed by atoms with Crippen molar-refractivity contribution in [2.24, 2.45) is 5.73 Å². The summed E-state index contributed by atoms with van der Waals surface area (Å²) in [5.41, 5.74) is 5.57. The van der Waals surface area contributed by atoms with Gasteiger partial charge in [-0.3, -0.25) is 0 Å². The molecule has 0 spiro atoms. The van der Waals surface area contributed by atoms with Crippen LogP contribution in [0.2, 0.25) is 0 Å². The molecule has 0 radical (unpaired) electrons. The van der Waals surface area contributed by atoms with Crippen LogP contribution in [-0.2, 0) is 0 Å². The van der Waals surface area contributed by atoms with E-state index < -0.39 is 0 Å². The van der Waals surface area contributed by atoms with Crippen LogP contribution in [0.3, 0.4) is 0 Å². The molecule has 0 amide bonds. The maximum atomic E-state index is 8.71. The second kappa shape index (κ2) is 3.71. The predicted octanol–water partition coefficient (Wildman–Crippen LogP) is 0.749. The molecule has 0 aromatic carbocycles. The Bertz CT molecular complexity index is 224. The summed E-state index contributed by atoms with van der Waals surface area (Å²) in [6.45, 7) is -0.0241.